The predicted molar refractivity (Wildman–Crippen MR) is 81.2 cm³/mol. The zero-order chi connectivity index (χ0) is 16.4. The normalized spacial score (nSPS) is 17.9. The van der Waals surface area contributed by atoms with E-state index in [0.717, 1.165) is 18.7 Å². The minimum absolute atomic E-state index is 0.000322. The highest BCUT2D eigenvalue weighted by atomic mass is 16.6. The molecule has 0 bridgehead atoms. The van der Waals surface area contributed by atoms with E-state index in [-0.39, 0.29) is 6.61 Å². The highest BCUT2D eigenvalue weighted by Gasteiger charge is 2.46. The Hall–Kier alpha value is -1.63. The molecule has 2 rings (SSSR count). The summed E-state index contributed by atoms with van der Waals surface area (Å²) in [6, 6.07) is 0. The summed E-state index contributed by atoms with van der Waals surface area (Å²) < 4.78 is 6.98. The number of amides is 1. The lowest BCUT2D eigenvalue weighted by Crippen LogP contribution is -2.45. The van der Waals surface area contributed by atoms with Crippen LogP contribution in [0.25, 0.3) is 0 Å². The van der Waals surface area contributed by atoms with Crippen LogP contribution in [0.4, 0.5) is 4.79 Å². The Balaban J connectivity index is 2.03. The number of nitrogens with zero attached hydrogens (tertiary/aromatic N) is 3. The number of carbonyl (C=O) groups excluding carboxylic acids is 1. The second-order valence-corrected chi connectivity index (χ2v) is 7.13. The molecule has 124 valence electrons. The van der Waals surface area contributed by atoms with E-state index in [1.165, 1.54) is 6.33 Å². The number of aliphatic hydroxyl groups excluding tert-OH is 1. The molecular formula is C15H26N4O3. The van der Waals surface area contributed by atoms with Gasteiger partial charge in [-0.25, -0.2) is 9.78 Å². The van der Waals surface area contributed by atoms with Crippen molar-refractivity contribution in [2.45, 2.75) is 45.6 Å². The lowest BCUT2D eigenvalue weighted by Gasteiger charge is -2.32. The SMILES string of the molecule is Cn1ncnc1CC(CO)(CNC(=O)OC(C)(C)C)C1CC1. The first-order valence-corrected chi connectivity index (χ1v) is 7.66. The Morgan fingerprint density at radius 2 is 2.18 bits per heavy atom. The zero-order valence-electron chi connectivity index (χ0n) is 13.8. The first-order chi connectivity index (χ1) is 10.3. The number of carbonyl (C=O) groups is 1. The molecule has 2 N–H and O–H groups in total. The number of alkyl carbamates (subject to hydrolysis) is 1. The third kappa shape index (κ3) is 4.19. The van der Waals surface area contributed by atoms with Gasteiger partial charge >= 0.3 is 6.09 Å². The molecule has 1 atom stereocenters. The average Bonchev–Trinajstić information content (AvgIpc) is 3.19. The van der Waals surface area contributed by atoms with E-state index in [2.05, 4.69) is 15.4 Å². The molecule has 7 heteroatoms. The van der Waals surface area contributed by atoms with Crippen molar-refractivity contribution in [1.82, 2.24) is 20.1 Å². The monoisotopic (exact) mass is 310 g/mol. The Labute approximate surface area is 131 Å². The van der Waals surface area contributed by atoms with Crippen LogP contribution in [-0.2, 0) is 18.2 Å². The molecule has 0 radical (unpaired) electrons. The average molecular weight is 310 g/mol. The molecule has 0 saturated heterocycles. The number of aryl methyl sites for hydroxylation is 1. The molecule has 0 spiro atoms. The van der Waals surface area contributed by atoms with Crippen LogP contribution in [0, 0.1) is 11.3 Å². The molecule has 1 saturated carbocycles. The molecule has 0 aliphatic heterocycles. The highest BCUT2D eigenvalue weighted by Crippen LogP contribution is 2.46. The van der Waals surface area contributed by atoms with Gasteiger partial charge < -0.3 is 15.2 Å². The predicted octanol–water partition coefficient (Wildman–Crippen LogP) is 1.27. The van der Waals surface area contributed by atoms with Gasteiger partial charge in [0.2, 0.25) is 0 Å². The van der Waals surface area contributed by atoms with Crippen molar-refractivity contribution in [2.24, 2.45) is 18.4 Å². The first kappa shape index (κ1) is 16.7. The number of hydrogen-bond acceptors (Lipinski definition) is 5. The van der Waals surface area contributed by atoms with Crippen molar-refractivity contribution < 1.29 is 14.6 Å². The third-order valence-corrected chi connectivity index (χ3v) is 4.06. The number of hydrogen-bond donors (Lipinski definition) is 2. The van der Waals surface area contributed by atoms with E-state index in [4.69, 9.17) is 4.74 Å². The van der Waals surface area contributed by atoms with Gasteiger partial charge in [-0.15, -0.1) is 0 Å². The minimum Gasteiger partial charge on any atom is -0.444 e. The van der Waals surface area contributed by atoms with Crippen LogP contribution in [0.5, 0.6) is 0 Å². The fourth-order valence-electron chi connectivity index (χ4n) is 2.65. The number of rotatable bonds is 6. The standard InChI is InChI=1S/C15H26N4O3/c1-14(2,3)22-13(21)16-8-15(9-20,11-5-6-11)7-12-17-10-18-19(12)4/h10-11,20H,5-9H2,1-4H3,(H,16,21). The second-order valence-electron chi connectivity index (χ2n) is 7.13. The van der Waals surface area contributed by atoms with Crippen LogP contribution in [0.2, 0.25) is 0 Å². The molecule has 1 amide bonds. The number of aromatic nitrogens is 3. The maximum absolute atomic E-state index is 11.9. The fourth-order valence-corrected chi connectivity index (χ4v) is 2.65. The Morgan fingerprint density at radius 1 is 1.50 bits per heavy atom. The molecule has 1 aromatic rings. The maximum atomic E-state index is 11.9. The molecule has 1 unspecified atom stereocenters. The van der Waals surface area contributed by atoms with Crippen molar-refractivity contribution >= 4 is 6.09 Å². The Kier molecular flexibility index (Phi) is 4.75. The summed E-state index contributed by atoms with van der Waals surface area (Å²) in [5.41, 5.74) is -0.938. The van der Waals surface area contributed by atoms with Crippen LogP contribution in [0.1, 0.15) is 39.4 Å². The van der Waals surface area contributed by atoms with Crippen LogP contribution in [0.15, 0.2) is 6.33 Å². The van der Waals surface area contributed by atoms with Gasteiger partial charge in [-0.2, -0.15) is 5.10 Å². The van der Waals surface area contributed by atoms with Gasteiger partial charge in [0, 0.05) is 25.4 Å². The van der Waals surface area contributed by atoms with Gasteiger partial charge in [0.1, 0.15) is 17.8 Å². The molecule has 1 aliphatic carbocycles. The topological polar surface area (TPSA) is 89.3 Å². The minimum atomic E-state index is -0.533. The maximum Gasteiger partial charge on any atom is 0.407 e. The number of aliphatic hydroxyl groups is 1. The summed E-state index contributed by atoms with van der Waals surface area (Å²) >= 11 is 0. The molecule has 22 heavy (non-hydrogen) atoms. The van der Waals surface area contributed by atoms with Crippen LogP contribution in [0.3, 0.4) is 0 Å². The zero-order valence-corrected chi connectivity index (χ0v) is 13.8. The summed E-state index contributed by atoms with van der Waals surface area (Å²) in [5.74, 6) is 1.20. The summed E-state index contributed by atoms with van der Waals surface area (Å²) in [6.07, 6.45) is 3.76. The highest BCUT2D eigenvalue weighted by molar-refractivity contribution is 5.67. The molecular weight excluding hydrogens is 284 g/mol. The van der Waals surface area contributed by atoms with Crippen molar-refractivity contribution in [3.05, 3.63) is 12.2 Å². The van der Waals surface area contributed by atoms with Gasteiger partial charge in [0.05, 0.1) is 6.61 Å². The van der Waals surface area contributed by atoms with Crippen molar-refractivity contribution in [1.29, 1.82) is 0 Å². The van der Waals surface area contributed by atoms with Gasteiger partial charge in [-0.1, -0.05) is 0 Å². The van der Waals surface area contributed by atoms with Gasteiger partial charge in [-0.05, 0) is 39.5 Å². The molecule has 0 aromatic carbocycles. The van der Waals surface area contributed by atoms with Gasteiger partial charge in [0.15, 0.2) is 0 Å². The fraction of sp³-hybridized carbons (Fsp3) is 0.800. The molecule has 1 fully saturated rings. The molecule has 1 aliphatic rings. The molecule has 7 nitrogen and oxygen atoms in total. The third-order valence-electron chi connectivity index (χ3n) is 4.06. The lowest BCUT2D eigenvalue weighted by atomic mass is 9.79. The van der Waals surface area contributed by atoms with E-state index in [0.29, 0.717) is 18.9 Å². The van der Waals surface area contributed by atoms with Gasteiger partial charge in [-0.3, -0.25) is 4.68 Å². The van der Waals surface area contributed by atoms with E-state index in [1.807, 2.05) is 27.8 Å². The summed E-state index contributed by atoms with van der Waals surface area (Å²) in [4.78, 5) is 16.1. The van der Waals surface area contributed by atoms with Crippen LogP contribution in [-0.4, -0.2) is 44.7 Å². The Bertz CT molecular complexity index is 519. The Morgan fingerprint density at radius 3 is 2.64 bits per heavy atom. The summed E-state index contributed by atoms with van der Waals surface area (Å²) in [6.45, 7) is 5.85. The molecule has 1 heterocycles. The van der Waals surface area contributed by atoms with E-state index < -0.39 is 17.1 Å². The van der Waals surface area contributed by atoms with Crippen molar-refractivity contribution in [2.75, 3.05) is 13.2 Å². The number of nitrogens with one attached hydrogen (secondary N) is 1. The summed E-state index contributed by atoms with van der Waals surface area (Å²) in [5, 5.41) is 16.8. The van der Waals surface area contributed by atoms with Crippen LogP contribution < -0.4 is 5.32 Å². The van der Waals surface area contributed by atoms with Crippen LogP contribution >= 0.6 is 0 Å². The van der Waals surface area contributed by atoms with Crippen molar-refractivity contribution in [3.63, 3.8) is 0 Å². The van der Waals surface area contributed by atoms with Crippen molar-refractivity contribution in [3.8, 4) is 0 Å². The summed E-state index contributed by atoms with van der Waals surface area (Å²) in [7, 11) is 1.83. The van der Waals surface area contributed by atoms with E-state index in [9.17, 15) is 9.90 Å². The smallest absolute Gasteiger partial charge is 0.407 e. The lowest BCUT2D eigenvalue weighted by molar-refractivity contribution is 0.0435. The first-order valence-electron chi connectivity index (χ1n) is 7.66. The van der Waals surface area contributed by atoms with Gasteiger partial charge in [0.25, 0.3) is 0 Å². The van der Waals surface area contributed by atoms with E-state index in [1.54, 1.807) is 4.68 Å². The number of ether oxygens (including phenoxy) is 1. The molecule has 1 aromatic heterocycles. The van der Waals surface area contributed by atoms with E-state index >= 15 is 0 Å². The quantitative estimate of drug-likeness (QED) is 0.826. The largest absolute Gasteiger partial charge is 0.444 e. The second kappa shape index (κ2) is 6.24.